The van der Waals surface area contributed by atoms with Crippen molar-refractivity contribution in [1.29, 1.82) is 0 Å². The molecule has 0 aliphatic carbocycles. The summed E-state index contributed by atoms with van der Waals surface area (Å²) in [5.41, 5.74) is 0.0928. The van der Waals surface area contributed by atoms with Crippen molar-refractivity contribution in [1.82, 2.24) is 9.97 Å². The van der Waals surface area contributed by atoms with Crippen LogP contribution in [0.1, 0.15) is 17.3 Å². The average Bonchev–Trinajstić information content (AvgIpc) is 2.45. The minimum absolute atomic E-state index is 0.151. The minimum Gasteiger partial charge on any atom is -0.462 e. The van der Waals surface area contributed by atoms with Gasteiger partial charge in [0.2, 0.25) is 5.88 Å². The summed E-state index contributed by atoms with van der Waals surface area (Å²) in [6, 6.07) is 6.35. The van der Waals surface area contributed by atoms with E-state index in [1.54, 1.807) is 31.2 Å². The van der Waals surface area contributed by atoms with E-state index in [4.69, 9.17) is 9.47 Å². The number of benzene rings is 1. The zero-order valence-corrected chi connectivity index (χ0v) is 12.1. The number of hydrogen-bond donors (Lipinski definition) is 1. The molecule has 0 bridgehead atoms. The summed E-state index contributed by atoms with van der Waals surface area (Å²) in [6.45, 7) is 2.06. The van der Waals surface area contributed by atoms with E-state index in [0.717, 1.165) is 0 Å². The van der Waals surface area contributed by atoms with Crippen molar-refractivity contribution in [2.75, 3.05) is 6.61 Å². The van der Waals surface area contributed by atoms with Gasteiger partial charge in [-0.3, -0.25) is 4.79 Å². The Kier molecular flexibility index (Phi) is 4.52. The van der Waals surface area contributed by atoms with Crippen LogP contribution < -0.4 is 10.3 Å². The van der Waals surface area contributed by atoms with Gasteiger partial charge in [0.15, 0.2) is 0 Å². The fourth-order valence-electron chi connectivity index (χ4n) is 1.42. The molecule has 0 spiro atoms. The Balaban J connectivity index is 2.17. The van der Waals surface area contributed by atoms with Gasteiger partial charge in [0, 0.05) is 0 Å². The summed E-state index contributed by atoms with van der Waals surface area (Å²) < 4.78 is 10.5. The molecule has 0 aliphatic rings. The molecule has 0 fully saturated rings. The van der Waals surface area contributed by atoms with Gasteiger partial charge in [0.25, 0.3) is 5.56 Å². The maximum Gasteiger partial charge on any atom is 0.338 e. The van der Waals surface area contributed by atoms with E-state index in [9.17, 15) is 9.59 Å². The van der Waals surface area contributed by atoms with Crippen molar-refractivity contribution in [3.05, 3.63) is 51.0 Å². The Morgan fingerprint density at radius 3 is 2.70 bits per heavy atom. The zero-order valence-electron chi connectivity index (χ0n) is 10.6. The Morgan fingerprint density at radius 2 is 2.05 bits per heavy atom. The fourth-order valence-corrected chi connectivity index (χ4v) is 1.72. The highest BCUT2D eigenvalue weighted by Crippen LogP contribution is 2.24. The number of nitrogens with one attached hydrogen (secondary N) is 1. The van der Waals surface area contributed by atoms with Crippen LogP contribution in [-0.2, 0) is 4.74 Å². The van der Waals surface area contributed by atoms with E-state index in [2.05, 4.69) is 25.9 Å². The first-order valence-corrected chi connectivity index (χ1v) is 6.59. The highest BCUT2D eigenvalue weighted by atomic mass is 79.9. The monoisotopic (exact) mass is 338 g/mol. The van der Waals surface area contributed by atoms with Crippen LogP contribution in [0.15, 0.2) is 39.9 Å². The second kappa shape index (κ2) is 6.33. The molecule has 1 aromatic heterocycles. The summed E-state index contributed by atoms with van der Waals surface area (Å²) in [5.74, 6) is 0.212. The van der Waals surface area contributed by atoms with Crippen molar-refractivity contribution in [2.45, 2.75) is 6.92 Å². The summed E-state index contributed by atoms with van der Waals surface area (Å²) in [4.78, 5) is 29.2. The SMILES string of the molecule is CCOC(=O)c1ccc(Oc2nc[nH]c(=O)c2Br)cc1. The number of ether oxygens (including phenoxy) is 2. The van der Waals surface area contributed by atoms with Crippen LogP contribution in [0, 0.1) is 0 Å². The highest BCUT2D eigenvalue weighted by Gasteiger charge is 2.09. The first-order valence-electron chi connectivity index (χ1n) is 5.80. The fraction of sp³-hybridized carbons (Fsp3) is 0.154. The number of carbonyl (C=O) groups excluding carboxylic acids is 1. The molecule has 0 unspecified atom stereocenters. The molecule has 1 N–H and O–H groups in total. The Bertz CT molecular complexity index is 667. The smallest absolute Gasteiger partial charge is 0.338 e. The molecule has 1 heterocycles. The molecule has 0 aliphatic heterocycles. The van der Waals surface area contributed by atoms with Crippen LogP contribution >= 0.6 is 15.9 Å². The molecule has 0 radical (unpaired) electrons. The summed E-state index contributed by atoms with van der Waals surface area (Å²) in [5, 5.41) is 0. The predicted octanol–water partition coefficient (Wildman–Crippen LogP) is 2.50. The summed E-state index contributed by atoms with van der Waals surface area (Å²) >= 11 is 3.09. The van der Waals surface area contributed by atoms with Crippen LogP contribution in [0.5, 0.6) is 11.6 Å². The van der Waals surface area contributed by atoms with Gasteiger partial charge in [-0.1, -0.05) is 0 Å². The quantitative estimate of drug-likeness (QED) is 0.866. The van der Waals surface area contributed by atoms with Crippen molar-refractivity contribution < 1.29 is 14.3 Å². The molecule has 0 saturated carbocycles. The lowest BCUT2D eigenvalue weighted by atomic mass is 10.2. The maximum absolute atomic E-state index is 11.5. The third-order valence-electron chi connectivity index (χ3n) is 2.34. The molecule has 20 heavy (non-hydrogen) atoms. The molecule has 0 amide bonds. The number of nitrogens with zero attached hydrogens (tertiary/aromatic N) is 1. The molecule has 104 valence electrons. The highest BCUT2D eigenvalue weighted by molar-refractivity contribution is 9.10. The number of carbonyl (C=O) groups is 1. The van der Waals surface area contributed by atoms with Crippen molar-refractivity contribution in [3.8, 4) is 11.6 Å². The van der Waals surface area contributed by atoms with E-state index >= 15 is 0 Å². The van der Waals surface area contributed by atoms with Gasteiger partial charge in [0.05, 0.1) is 18.5 Å². The lowest BCUT2D eigenvalue weighted by molar-refractivity contribution is 0.0526. The van der Waals surface area contributed by atoms with Crippen LogP contribution in [0.2, 0.25) is 0 Å². The van der Waals surface area contributed by atoms with Crippen molar-refractivity contribution in [2.24, 2.45) is 0 Å². The molecule has 6 nitrogen and oxygen atoms in total. The molecule has 1 aromatic carbocycles. The van der Waals surface area contributed by atoms with Gasteiger partial charge < -0.3 is 14.5 Å². The maximum atomic E-state index is 11.5. The summed E-state index contributed by atoms with van der Waals surface area (Å²) in [7, 11) is 0. The number of hydrogen-bond acceptors (Lipinski definition) is 5. The Hall–Kier alpha value is -2.15. The molecule has 2 aromatic rings. The summed E-state index contributed by atoms with van der Waals surface area (Å²) in [6.07, 6.45) is 1.25. The van der Waals surface area contributed by atoms with Gasteiger partial charge in [-0.2, -0.15) is 0 Å². The lowest BCUT2D eigenvalue weighted by Crippen LogP contribution is -2.08. The van der Waals surface area contributed by atoms with Crippen molar-refractivity contribution in [3.63, 3.8) is 0 Å². The Labute approximate surface area is 122 Å². The predicted molar refractivity (Wildman–Crippen MR) is 75.0 cm³/mol. The van der Waals surface area contributed by atoms with Gasteiger partial charge in [-0.25, -0.2) is 9.78 Å². The van der Waals surface area contributed by atoms with E-state index in [-0.39, 0.29) is 15.9 Å². The third kappa shape index (κ3) is 3.24. The largest absolute Gasteiger partial charge is 0.462 e. The van der Waals surface area contributed by atoms with E-state index in [0.29, 0.717) is 17.9 Å². The zero-order chi connectivity index (χ0) is 14.5. The van der Waals surface area contributed by atoms with Crippen LogP contribution in [0.3, 0.4) is 0 Å². The van der Waals surface area contributed by atoms with Crippen LogP contribution in [0.25, 0.3) is 0 Å². The van der Waals surface area contributed by atoms with Crippen LogP contribution in [-0.4, -0.2) is 22.5 Å². The first kappa shape index (κ1) is 14.3. The molecular weight excluding hydrogens is 328 g/mol. The standard InChI is InChI=1S/C13H11BrN2O4/c1-2-19-13(18)8-3-5-9(6-4-8)20-12-10(14)11(17)15-7-16-12/h3-7H,2H2,1H3,(H,15,16,17). The molecule has 0 saturated heterocycles. The number of rotatable bonds is 4. The molecule has 7 heteroatoms. The molecule has 2 rings (SSSR count). The third-order valence-corrected chi connectivity index (χ3v) is 3.04. The lowest BCUT2D eigenvalue weighted by Gasteiger charge is -2.06. The molecular formula is C13H11BrN2O4. The van der Waals surface area contributed by atoms with Gasteiger partial charge in [-0.15, -0.1) is 0 Å². The average molecular weight is 339 g/mol. The topological polar surface area (TPSA) is 81.3 Å². The number of H-pyrrole nitrogens is 1. The number of halogens is 1. The van der Waals surface area contributed by atoms with Gasteiger partial charge >= 0.3 is 5.97 Å². The number of esters is 1. The first-order chi connectivity index (χ1) is 9.61. The van der Waals surface area contributed by atoms with E-state index < -0.39 is 5.97 Å². The van der Waals surface area contributed by atoms with Crippen LogP contribution in [0.4, 0.5) is 0 Å². The second-order valence-corrected chi connectivity index (χ2v) is 4.49. The van der Waals surface area contributed by atoms with Gasteiger partial charge in [0.1, 0.15) is 10.2 Å². The minimum atomic E-state index is -0.394. The van der Waals surface area contributed by atoms with E-state index in [1.807, 2.05) is 0 Å². The second-order valence-electron chi connectivity index (χ2n) is 3.70. The Morgan fingerprint density at radius 1 is 1.35 bits per heavy atom. The number of aromatic amines is 1. The van der Waals surface area contributed by atoms with Gasteiger partial charge in [-0.05, 0) is 47.1 Å². The van der Waals surface area contributed by atoms with Crippen molar-refractivity contribution >= 4 is 21.9 Å². The normalized spacial score (nSPS) is 10.1. The van der Waals surface area contributed by atoms with E-state index in [1.165, 1.54) is 6.33 Å². The number of aromatic nitrogens is 2. The molecule has 0 atom stereocenters.